The third kappa shape index (κ3) is 3.67. The van der Waals surface area contributed by atoms with Crippen molar-refractivity contribution in [2.45, 2.75) is 58.5 Å². The molecule has 0 aromatic rings. The molecule has 20 heavy (non-hydrogen) atoms. The quantitative estimate of drug-likeness (QED) is 0.844. The molecule has 0 bridgehead atoms. The van der Waals surface area contributed by atoms with Gasteiger partial charge in [-0.2, -0.15) is 8.42 Å². The van der Waals surface area contributed by atoms with Crippen molar-refractivity contribution >= 4 is 10.2 Å². The summed E-state index contributed by atoms with van der Waals surface area (Å²) in [6, 6.07) is 0.710. The molecule has 0 radical (unpaired) electrons. The van der Waals surface area contributed by atoms with Crippen LogP contribution < -0.4 is 4.72 Å². The largest absolute Gasteiger partial charge is 0.323 e. The van der Waals surface area contributed by atoms with Gasteiger partial charge in [-0.15, -0.1) is 0 Å². The number of piperidine rings is 1. The van der Waals surface area contributed by atoms with Gasteiger partial charge in [-0.1, -0.05) is 13.8 Å². The first-order valence-electron chi connectivity index (χ1n) is 7.61. The van der Waals surface area contributed by atoms with E-state index >= 15 is 0 Å². The van der Waals surface area contributed by atoms with Crippen LogP contribution >= 0.6 is 0 Å². The van der Waals surface area contributed by atoms with E-state index in [4.69, 9.17) is 0 Å². The molecule has 0 aromatic carbocycles. The topological polar surface area (TPSA) is 52.6 Å². The van der Waals surface area contributed by atoms with E-state index in [9.17, 15) is 8.42 Å². The Bertz CT molecular complexity index is 439. The monoisotopic (exact) mass is 301 g/mol. The fraction of sp³-hybridized carbons (Fsp3) is 0.857. The van der Waals surface area contributed by atoms with Crippen LogP contribution in [0.25, 0.3) is 0 Å². The highest BCUT2D eigenvalue weighted by Crippen LogP contribution is 2.24. The van der Waals surface area contributed by atoms with Crippen LogP contribution in [-0.4, -0.2) is 42.8 Å². The summed E-state index contributed by atoms with van der Waals surface area (Å²) in [6.45, 7) is 8.79. The van der Waals surface area contributed by atoms with Crippen molar-refractivity contribution in [3.63, 3.8) is 0 Å². The fourth-order valence-electron chi connectivity index (χ4n) is 2.99. The standard InChI is InChI=1S/C14H27N3O2S/c1-12(2)4-5-13(3)16-9-6-14(7-10-16)17-11-8-15-20(17,18)19/h8,11-15H,4-7,9-10H2,1-3H3. The molecule has 1 fully saturated rings. The van der Waals surface area contributed by atoms with Crippen LogP contribution in [0.3, 0.4) is 0 Å². The maximum Gasteiger partial charge on any atom is 0.323 e. The van der Waals surface area contributed by atoms with Crippen LogP contribution in [0.15, 0.2) is 12.4 Å². The summed E-state index contributed by atoms with van der Waals surface area (Å²) >= 11 is 0. The minimum Gasteiger partial charge on any atom is -0.301 e. The predicted molar refractivity (Wildman–Crippen MR) is 81.2 cm³/mol. The van der Waals surface area contributed by atoms with Gasteiger partial charge in [0.25, 0.3) is 0 Å². The highest BCUT2D eigenvalue weighted by Gasteiger charge is 2.33. The van der Waals surface area contributed by atoms with Crippen molar-refractivity contribution in [3.8, 4) is 0 Å². The summed E-state index contributed by atoms with van der Waals surface area (Å²) in [5, 5.41) is 0. The number of rotatable bonds is 5. The third-order valence-electron chi connectivity index (χ3n) is 4.36. The van der Waals surface area contributed by atoms with Gasteiger partial charge in [-0.25, -0.2) is 0 Å². The Kier molecular flexibility index (Phi) is 4.96. The van der Waals surface area contributed by atoms with Crippen molar-refractivity contribution in [2.75, 3.05) is 13.1 Å². The lowest BCUT2D eigenvalue weighted by Crippen LogP contribution is -2.47. The lowest BCUT2D eigenvalue weighted by molar-refractivity contribution is 0.129. The van der Waals surface area contributed by atoms with Gasteiger partial charge in [0.2, 0.25) is 0 Å². The Morgan fingerprint density at radius 3 is 2.35 bits per heavy atom. The molecule has 0 aromatic heterocycles. The Morgan fingerprint density at radius 2 is 1.85 bits per heavy atom. The van der Waals surface area contributed by atoms with Gasteiger partial charge in [0, 0.05) is 37.6 Å². The SMILES string of the molecule is CC(C)CCC(C)N1CCC(N2C=CNS2(=O)=O)CC1. The van der Waals surface area contributed by atoms with Crippen LogP contribution in [0.1, 0.15) is 46.5 Å². The third-order valence-corrected chi connectivity index (χ3v) is 5.77. The van der Waals surface area contributed by atoms with Crippen LogP contribution in [0.5, 0.6) is 0 Å². The van der Waals surface area contributed by atoms with Gasteiger partial charge >= 0.3 is 10.2 Å². The molecule has 1 atom stereocenters. The van der Waals surface area contributed by atoms with E-state index in [1.54, 1.807) is 6.20 Å². The Morgan fingerprint density at radius 1 is 1.20 bits per heavy atom. The first-order valence-corrected chi connectivity index (χ1v) is 9.05. The minimum atomic E-state index is -3.29. The van der Waals surface area contributed by atoms with Gasteiger partial charge in [-0.05, 0) is 38.5 Å². The zero-order valence-electron chi connectivity index (χ0n) is 12.7. The molecule has 0 saturated carbocycles. The second-order valence-electron chi connectivity index (χ2n) is 6.36. The van der Waals surface area contributed by atoms with Crippen LogP contribution in [0, 0.1) is 5.92 Å². The van der Waals surface area contributed by atoms with E-state index in [2.05, 4.69) is 30.4 Å². The van der Waals surface area contributed by atoms with E-state index in [1.165, 1.54) is 23.3 Å². The van der Waals surface area contributed by atoms with Crippen molar-refractivity contribution in [1.82, 2.24) is 13.9 Å². The fourth-order valence-corrected chi connectivity index (χ4v) is 4.17. The second kappa shape index (κ2) is 6.35. The van der Waals surface area contributed by atoms with Crippen molar-refractivity contribution in [2.24, 2.45) is 5.92 Å². The molecule has 2 heterocycles. The van der Waals surface area contributed by atoms with E-state index in [0.29, 0.717) is 6.04 Å². The van der Waals surface area contributed by atoms with E-state index in [1.807, 2.05) is 0 Å². The average Bonchev–Trinajstić information content (AvgIpc) is 2.76. The van der Waals surface area contributed by atoms with Crippen LogP contribution in [-0.2, 0) is 10.2 Å². The number of hydrogen-bond donors (Lipinski definition) is 1. The van der Waals surface area contributed by atoms with Crippen LogP contribution in [0.4, 0.5) is 0 Å². The molecule has 2 rings (SSSR count). The van der Waals surface area contributed by atoms with Gasteiger partial charge in [0.05, 0.1) is 0 Å². The van der Waals surface area contributed by atoms with E-state index in [0.717, 1.165) is 31.8 Å². The molecule has 116 valence electrons. The molecule has 0 aliphatic carbocycles. The second-order valence-corrected chi connectivity index (χ2v) is 7.96. The minimum absolute atomic E-state index is 0.111. The highest BCUT2D eigenvalue weighted by atomic mass is 32.2. The van der Waals surface area contributed by atoms with E-state index in [-0.39, 0.29) is 6.04 Å². The number of likely N-dealkylation sites (tertiary alicyclic amines) is 1. The van der Waals surface area contributed by atoms with Crippen molar-refractivity contribution in [1.29, 1.82) is 0 Å². The smallest absolute Gasteiger partial charge is 0.301 e. The molecular weight excluding hydrogens is 274 g/mol. The maximum atomic E-state index is 11.8. The Balaban J connectivity index is 1.82. The molecule has 1 N–H and O–H groups in total. The molecule has 5 nitrogen and oxygen atoms in total. The van der Waals surface area contributed by atoms with Gasteiger partial charge < -0.3 is 4.90 Å². The molecule has 2 aliphatic rings. The Hall–Kier alpha value is -0.750. The highest BCUT2D eigenvalue weighted by molar-refractivity contribution is 7.87. The molecule has 1 saturated heterocycles. The molecule has 2 aliphatic heterocycles. The summed E-state index contributed by atoms with van der Waals surface area (Å²) in [6.07, 6.45) is 7.47. The summed E-state index contributed by atoms with van der Waals surface area (Å²) in [4.78, 5) is 2.50. The first kappa shape index (κ1) is 15.6. The summed E-state index contributed by atoms with van der Waals surface area (Å²) in [5.74, 6) is 0.751. The predicted octanol–water partition coefficient (Wildman–Crippen LogP) is 1.90. The average molecular weight is 301 g/mol. The molecular formula is C14H27N3O2S. The lowest BCUT2D eigenvalue weighted by Gasteiger charge is -2.38. The van der Waals surface area contributed by atoms with E-state index < -0.39 is 10.2 Å². The van der Waals surface area contributed by atoms with Gasteiger partial charge in [0.1, 0.15) is 0 Å². The van der Waals surface area contributed by atoms with Gasteiger partial charge in [-0.3, -0.25) is 9.03 Å². The number of nitrogens with one attached hydrogen (secondary N) is 1. The summed E-state index contributed by atoms with van der Waals surface area (Å²) in [7, 11) is -3.29. The number of hydrogen-bond acceptors (Lipinski definition) is 3. The summed E-state index contributed by atoms with van der Waals surface area (Å²) in [5.41, 5.74) is 0. The molecule has 6 heteroatoms. The normalized spacial score (nSPS) is 25.1. The van der Waals surface area contributed by atoms with Crippen molar-refractivity contribution in [3.05, 3.63) is 12.4 Å². The van der Waals surface area contributed by atoms with Crippen molar-refractivity contribution < 1.29 is 8.42 Å². The summed E-state index contributed by atoms with van der Waals surface area (Å²) < 4.78 is 27.5. The zero-order valence-corrected chi connectivity index (χ0v) is 13.6. The molecule has 1 unspecified atom stereocenters. The van der Waals surface area contributed by atoms with Crippen LogP contribution in [0.2, 0.25) is 0 Å². The Labute approximate surface area is 123 Å². The molecule has 0 spiro atoms. The molecule has 0 amide bonds. The zero-order chi connectivity index (χ0) is 14.8. The lowest BCUT2D eigenvalue weighted by atomic mass is 9.99. The number of nitrogens with zero attached hydrogens (tertiary/aromatic N) is 2. The maximum absolute atomic E-state index is 11.8. The first-order chi connectivity index (χ1) is 9.40. The van der Waals surface area contributed by atoms with Gasteiger partial charge in [0.15, 0.2) is 0 Å².